The number of carbonyl (C=O) groups excluding carboxylic acids is 1. The first-order valence-electron chi connectivity index (χ1n) is 19.2. The van der Waals surface area contributed by atoms with E-state index in [4.69, 9.17) is 4.74 Å². The molecule has 0 amide bonds. The summed E-state index contributed by atoms with van der Waals surface area (Å²) >= 11 is 0. The molecule has 1 aliphatic heterocycles. The second kappa shape index (κ2) is 6.24. The first-order chi connectivity index (χ1) is 24.5. The van der Waals surface area contributed by atoms with E-state index in [9.17, 15) is 4.79 Å². The van der Waals surface area contributed by atoms with Gasteiger partial charge >= 0.3 is 5.97 Å². The molecule has 11 aromatic rings. The first kappa shape index (κ1) is 23.6. The van der Waals surface area contributed by atoms with Gasteiger partial charge in [0.2, 0.25) is 0 Å². The van der Waals surface area contributed by atoms with Gasteiger partial charge in [-0.2, -0.15) is 0 Å². The second-order valence-electron chi connectivity index (χ2n) is 18.0. The highest BCUT2D eigenvalue weighted by atomic mass is 16.5. The van der Waals surface area contributed by atoms with Crippen molar-refractivity contribution in [3.63, 3.8) is 0 Å². The molecule has 0 saturated carbocycles. The van der Waals surface area contributed by atoms with Crippen molar-refractivity contribution in [1.29, 1.82) is 0 Å². The van der Waals surface area contributed by atoms with Gasteiger partial charge in [-0.05, 0) is 191 Å². The predicted octanol–water partition coefficient (Wildman–Crippen LogP) is 8.89. The van der Waals surface area contributed by atoms with Crippen LogP contribution in [0.3, 0.4) is 0 Å². The molecule has 1 saturated heterocycles. The normalized spacial score (nSPS) is 30.9. The molecule has 234 valence electrons. The van der Waals surface area contributed by atoms with Gasteiger partial charge in [-0.3, -0.25) is 9.69 Å². The topological polar surface area (TPSA) is 29.5 Å². The molecule has 50 heavy (non-hydrogen) atoms. The number of hydrogen-bond donors (Lipinski definition) is 0. The van der Waals surface area contributed by atoms with Crippen molar-refractivity contribution in [1.82, 2.24) is 4.90 Å². The van der Waals surface area contributed by atoms with E-state index in [0.29, 0.717) is 24.4 Å². The predicted molar refractivity (Wildman–Crippen MR) is 204 cm³/mol. The van der Waals surface area contributed by atoms with E-state index in [1.165, 1.54) is 61.0 Å². The number of rotatable bonds is 2. The molecule has 3 nitrogen and oxygen atoms in total. The van der Waals surface area contributed by atoms with Gasteiger partial charge in [0.05, 0.1) is 6.61 Å². The average Bonchev–Trinajstić information content (AvgIpc) is 3.95. The number of hydrogen-bond acceptors (Lipinski definition) is 3. The van der Waals surface area contributed by atoms with Gasteiger partial charge in [0.15, 0.2) is 0 Å². The van der Waals surface area contributed by atoms with Crippen molar-refractivity contribution in [2.45, 2.75) is 62.3 Å². The number of nitrogens with zero attached hydrogens (tertiary/aromatic N) is 1. The molecule has 0 N–H and O–H groups in total. The van der Waals surface area contributed by atoms with Crippen LogP contribution >= 0.6 is 0 Å². The lowest BCUT2D eigenvalue weighted by Gasteiger charge is -2.49. The largest absolute Gasteiger partial charge is 0.465 e. The summed E-state index contributed by atoms with van der Waals surface area (Å²) in [5, 5.41) is 34.0. The number of fused-ring (bicyclic) bond motifs is 4. The summed E-state index contributed by atoms with van der Waals surface area (Å²) in [5.41, 5.74) is 6.23. The monoisotopic (exact) mass is 639 g/mol. The van der Waals surface area contributed by atoms with E-state index in [2.05, 4.69) is 55.3 Å². The Hall–Kier alpha value is -4.73. The molecule has 11 aromatic carbocycles. The zero-order chi connectivity index (χ0) is 32.0. The zero-order valence-corrected chi connectivity index (χ0v) is 28.1. The molecular weight excluding hydrogens is 611 g/mol. The van der Waals surface area contributed by atoms with Crippen LogP contribution in [0.25, 0.3) is 120 Å². The van der Waals surface area contributed by atoms with E-state index in [1.54, 1.807) is 92.3 Å². The molecule has 17 rings (SSSR count). The number of likely N-dealkylation sites (N-methyl/N-ethyl adjacent to an activating group) is 1. The highest BCUT2D eigenvalue weighted by Gasteiger charge is 2.70. The van der Waals surface area contributed by atoms with Crippen LogP contribution in [-0.2, 0) is 14.9 Å². The lowest BCUT2D eigenvalue weighted by molar-refractivity contribution is -0.150. The maximum absolute atomic E-state index is 14.3. The maximum atomic E-state index is 14.3. The van der Waals surface area contributed by atoms with Crippen molar-refractivity contribution in [3.05, 3.63) is 57.0 Å². The Bertz CT molecular complexity index is 3650. The number of ether oxygens (including phenoxy) is 1. The molecular formula is C47H29NO2. The third-order valence-electron chi connectivity index (χ3n) is 17.1. The molecule has 6 atom stereocenters. The smallest absolute Gasteiger partial charge is 0.324 e. The summed E-state index contributed by atoms with van der Waals surface area (Å²) in [4.78, 5) is 16.7. The first-order valence-corrected chi connectivity index (χ1v) is 19.2. The molecule has 5 aliphatic carbocycles. The summed E-state index contributed by atoms with van der Waals surface area (Å²) in [6, 6.07) is 9.59. The minimum Gasteiger partial charge on any atom is -0.465 e. The molecule has 6 aliphatic rings. The summed E-state index contributed by atoms with van der Waals surface area (Å²) in [6.45, 7) is 5.75. The van der Waals surface area contributed by atoms with Crippen molar-refractivity contribution in [3.8, 4) is 0 Å². The van der Waals surface area contributed by atoms with Gasteiger partial charge in [0.1, 0.15) is 6.04 Å². The SMILES string of the molecule is CCOC(=O)C1N(C)C[C@]23c4c5c6c7c8c9c%10c(c%11ccc%12c%13ccc%14c(c4c4c%14c%13c%13c%12c%11c%10c%10c8c5c4c%10%13)=CC12C)=CCC9C7CCC63. The maximum Gasteiger partial charge on any atom is 0.324 e. The highest BCUT2D eigenvalue weighted by molar-refractivity contribution is 6.62. The van der Waals surface area contributed by atoms with Crippen molar-refractivity contribution < 1.29 is 9.53 Å². The average molecular weight is 640 g/mol. The van der Waals surface area contributed by atoms with Crippen molar-refractivity contribution in [2.24, 2.45) is 5.41 Å². The number of carbonyl (C=O) groups is 1. The van der Waals surface area contributed by atoms with E-state index in [1.807, 2.05) is 6.92 Å². The molecule has 1 heterocycles. The Balaban J connectivity index is 1.29. The Morgan fingerprint density at radius 1 is 0.700 bits per heavy atom. The molecule has 0 bridgehead atoms. The molecule has 0 radical (unpaired) electrons. The van der Waals surface area contributed by atoms with Crippen LogP contribution in [0.2, 0.25) is 0 Å². The van der Waals surface area contributed by atoms with Crippen LogP contribution in [0.15, 0.2) is 24.3 Å². The lowest BCUT2D eigenvalue weighted by atomic mass is 9.52. The van der Waals surface area contributed by atoms with Crippen LogP contribution in [0.4, 0.5) is 0 Å². The molecule has 1 spiro atoms. The van der Waals surface area contributed by atoms with E-state index in [-0.39, 0.29) is 17.4 Å². The minimum absolute atomic E-state index is 0.0482. The second-order valence-corrected chi connectivity index (χ2v) is 18.0. The summed E-state index contributed by atoms with van der Waals surface area (Å²) < 4.78 is 5.98. The van der Waals surface area contributed by atoms with Crippen LogP contribution in [0, 0.1) is 5.41 Å². The van der Waals surface area contributed by atoms with Crippen LogP contribution < -0.4 is 10.4 Å². The minimum atomic E-state index is -0.393. The third kappa shape index (κ3) is 1.67. The standard InChI is InChI=1S/C47H29NO2/c1-4-50-45(49)44-46(2)13-22-21-10-9-18-17-6-5-15-16-7-8-19-20-11-12-23-32-30(20)35-27(19)26(16)33-24(15)25(17)34-28(18)29(21)36-31(22)43(47(23,46)14-48(44)3)42(32)41-39(35)37(33)38(34)40(36)41/h5-7,9-10,13,19-20,23,44H,4,8,11-12,14H2,1-3H3/t19?,20?,23?,44?,46?,47-/m0/s1. The lowest BCUT2D eigenvalue weighted by Crippen LogP contribution is -2.52. The molecule has 0 aromatic heterocycles. The number of esters is 1. The fourth-order valence-corrected chi connectivity index (χ4v) is 16.3. The zero-order valence-electron chi connectivity index (χ0n) is 28.1. The fraction of sp³-hybridized carbons (Fsp3) is 0.298. The Labute approximate surface area is 284 Å². The van der Waals surface area contributed by atoms with Crippen molar-refractivity contribution in [2.75, 3.05) is 20.2 Å². The van der Waals surface area contributed by atoms with Gasteiger partial charge in [-0.15, -0.1) is 0 Å². The summed E-state index contributed by atoms with van der Waals surface area (Å²) in [6.07, 6.45) is 8.92. The Morgan fingerprint density at radius 3 is 2.08 bits per heavy atom. The van der Waals surface area contributed by atoms with E-state index in [0.717, 1.165) is 13.0 Å². The summed E-state index contributed by atoms with van der Waals surface area (Å²) in [5.74, 6) is 1.53. The quantitative estimate of drug-likeness (QED) is 0.140. The molecule has 3 heteroatoms. The number of benzene rings is 7. The summed E-state index contributed by atoms with van der Waals surface area (Å²) in [7, 11) is 2.21. The molecule has 1 fully saturated rings. The Morgan fingerprint density at radius 2 is 1.32 bits per heavy atom. The van der Waals surface area contributed by atoms with Gasteiger partial charge in [0, 0.05) is 17.4 Å². The van der Waals surface area contributed by atoms with Gasteiger partial charge in [-0.25, -0.2) is 0 Å². The van der Waals surface area contributed by atoms with Crippen LogP contribution in [0.1, 0.15) is 73.1 Å². The van der Waals surface area contributed by atoms with Crippen LogP contribution in [0.5, 0.6) is 0 Å². The van der Waals surface area contributed by atoms with E-state index >= 15 is 0 Å². The molecule has 5 unspecified atom stereocenters. The van der Waals surface area contributed by atoms with E-state index < -0.39 is 5.41 Å². The highest BCUT2D eigenvalue weighted by Crippen LogP contribution is 2.76. The Kier molecular flexibility index (Phi) is 2.95. The fourth-order valence-electron chi connectivity index (χ4n) is 16.3. The van der Waals surface area contributed by atoms with Crippen molar-refractivity contribution >= 4 is 126 Å². The van der Waals surface area contributed by atoms with Gasteiger partial charge < -0.3 is 4.74 Å². The third-order valence-corrected chi connectivity index (χ3v) is 17.1. The number of likely N-dealkylation sites (tertiary alicyclic amines) is 1. The van der Waals surface area contributed by atoms with Gasteiger partial charge in [0.25, 0.3) is 0 Å². The van der Waals surface area contributed by atoms with Crippen LogP contribution in [-0.4, -0.2) is 37.1 Å². The van der Waals surface area contributed by atoms with Gasteiger partial charge in [-0.1, -0.05) is 43.3 Å².